The second-order valence-corrected chi connectivity index (χ2v) is 10.7. The fourth-order valence-corrected chi connectivity index (χ4v) is 5.98. The van der Waals surface area contributed by atoms with Gasteiger partial charge in [-0.2, -0.15) is 0 Å². The Balaban J connectivity index is 1.71. The summed E-state index contributed by atoms with van der Waals surface area (Å²) in [5.74, 6) is 1.59. The van der Waals surface area contributed by atoms with Gasteiger partial charge >= 0.3 is 5.69 Å². The molecule has 0 amide bonds. The standard InChI is InChI=1S/C28H20Br2N2O7/c1-36-20-9-15-7-8-31-25(17(15)10-21(20)37-2)26(32(34)35)24(18-11-22-23(12-19(18)30)39-13-38-22)27(31)28(33)14-3-5-16(29)6-4-14/h3-6,9-12H,7-8,13H2,1-2H3. The Kier molecular flexibility index (Phi) is 6.35. The Bertz CT molecular complexity index is 1680. The van der Waals surface area contributed by atoms with Gasteiger partial charge < -0.3 is 23.5 Å². The van der Waals surface area contributed by atoms with Crippen molar-refractivity contribution in [2.75, 3.05) is 21.0 Å². The van der Waals surface area contributed by atoms with Gasteiger partial charge in [0.1, 0.15) is 11.4 Å². The molecule has 0 radical (unpaired) electrons. The van der Waals surface area contributed by atoms with Crippen molar-refractivity contribution in [1.82, 2.24) is 4.57 Å². The number of hydrogen-bond acceptors (Lipinski definition) is 7. The van der Waals surface area contributed by atoms with E-state index in [1.807, 2.05) is 6.07 Å². The zero-order chi connectivity index (χ0) is 27.4. The molecule has 0 fully saturated rings. The van der Waals surface area contributed by atoms with Crippen LogP contribution in [0.1, 0.15) is 21.6 Å². The zero-order valence-electron chi connectivity index (χ0n) is 20.7. The SMILES string of the molecule is COc1cc2c(cc1OC)-c1c([N+](=O)[O-])c(-c3cc4c(cc3Br)OCO4)c(C(=O)c3ccc(Br)cc3)n1CC2. The summed E-state index contributed by atoms with van der Waals surface area (Å²) >= 11 is 6.97. The molecule has 0 saturated carbocycles. The van der Waals surface area contributed by atoms with E-state index in [1.165, 1.54) is 7.11 Å². The minimum atomic E-state index is -0.428. The molecule has 3 heterocycles. The van der Waals surface area contributed by atoms with Gasteiger partial charge in [-0.15, -0.1) is 0 Å². The second-order valence-electron chi connectivity index (χ2n) is 8.97. The smallest absolute Gasteiger partial charge is 0.303 e. The van der Waals surface area contributed by atoms with Crippen LogP contribution in [-0.2, 0) is 13.0 Å². The molecule has 11 heteroatoms. The molecule has 2 aliphatic heterocycles. The normalized spacial score (nSPS) is 13.0. The minimum Gasteiger partial charge on any atom is -0.493 e. The lowest BCUT2D eigenvalue weighted by Crippen LogP contribution is -2.17. The summed E-state index contributed by atoms with van der Waals surface area (Å²) in [7, 11) is 3.06. The van der Waals surface area contributed by atoms with Crippen LogP contribution in [0.15, 0.2) is 57.5 Å². The predicted octanol–water partition coefficient (Wildman–Crippen LogP) is 6.79. The van der Waals surface area contributed by atoms with Gasteiger partial charge in [-0.1, -0.05) is 31.9 Å². The molecule has 0 bridgehead atoms. The number of hydrogen-bond donors (Lipinski definition) is 0. The van der Waals surface area contributed by atoms with E-state index >= 15 is 0 Å². The number of carbonyl (C=O) groups excluding carboxylic acids is 1. The second kappa shape index (κ2) is 9.73. The van der Waals surface area contributed by atoms with E-state index in [-0.39, 0.29) is 29.5 Å². The highest BCUT2D eigenvalue weighted by Crippen LogP contribution is 2.52. The van der Waals surface area contributed by atoms with E-state index in [2.05, 4.69) is 31.9 Å². The third kappa shape index (κ3) is 4.07. The van der Waals surface area contributed by atoms with Crippen LogP contribution in [0.4, 0.5) is 5.69 Å². The fourth-order valence-electron chi connectivity index (χ4n) is 5.20. The Morgan fingerprint density at radius 1 is 0.974 bits per heavy atom. The lowest BCUT2D eigenvalue weighted by Gasteiger charge is -2.22. The minimum absolute atomic E-state index is 0.0409. The van der Waals surface area contributed by atoms with Gasteiger partial charge in [0.25, 0.3) is 0 Å². The largest absolute Gasteiger partial charge is 0.493 e. The molecule has 0 aliphatic carbocycles. The van der Waals surface area contributed by atoms with Crippen molar-refractivity contribution >= 4 is 43.3 Å². The first-order chi connectivity index (χ1) is 18.8. The number of fused-ring (bicyclic) bond motifs is 4. The number of methoxy groups -OCH3 is 2. The summed E-state index contributed by atoms with van der Waals surface area (Å²) in [5.41, 5.74) is 2.92. The molecule has 0 atom stereocenters. The van der Waals surface area contributed by atoms with Crippen LogP contribution in [-0.4, -0.2) is 36.3 Å². The summed E-state index contributed by atoms with van der Waals surface area (Å²) in [4.78, 5) is 26.6. The first-order valence-electron chi connectivity index (χ1n) is 11.9. The van der Waals surface area contributed by atoms with Gasteiger partial charge in [0.2, 0.25) is 12.6 Å². The molecule has 0 spiro atoms. The number of benzene rings is 3. The number of ketones is 1. The van der Waals surface area contributed by atoms with E-state index in [4.69, 9.17) is 18.9 Å². The summed E-state index contributed by atoms with van der Waals surface area (Å²) in [5, 5.41) is 12.9. The monoisotopic (exact) mass is 654 g/mol. The molecule has 2 aliphatic rings. The highest BCUT2D eigenvalue weighted by molar-refractivity contribution is 9.10. The van der Waals surface area contributed by atoms with Crippen molar-refractivity contribution in [2.24, 2.45) is 0 Å². The van der Waals surface area contributed by atoms with E-state index in [0.717, 1.165) is 10.0 Å². The maximum atomic E-state index is 14.2. The Labute approximate surface area is 239 Å². The molecule has 6 rings (SSSR count). The van der Waals surface area contributed by atoms with Crippen LogP contribution in [0.5, 0.6) is 23.0 Å². The summed E-state index contributed by atoms with van der Waals surface area (Å²) in [6.45, 7) is 0.400. The number of nitro groups is 1. The van der Waals surface area contributed by atoms with Gasteiger partial charge in [-0.05, 0) is 60.5 Å². The van der Waals surface area contributed by atoms with Crippen molar-refractivity contribution in [3.05, 3.63) is 84.4 Å². The number of aromatic nitrogens is 1. The maximum absolute atomic E-state index is 14.2. The van der Waals surface area contributed by atoms with Gasteiger partial charge in [0.05, 0.1) is 24.7 Å². The number of nitrogens with zero attached hydrogens (tertiary/aromatic N) is 2. The molecule has 0 saturated heterocycles. The average molecular weight is 656 g/mol. The van der Waals surface area contributed by atoms with Gasteiger partial charge in [0, 0.05) is 32.2 Å². The molecular formula is C28H20Br2N2O7. The van der Waals surface area contributed by atoms with Crippen LogP contribution < -0.4 is 18.9 Å². The number of halogens is 2. The van der Waals surface area contributed by atoms with Crippen molar-refractivity contribution in [3.8, 4) is 45.4 Å². The Hall–Kier alpha value is -3.83. The maximum Gasteiger partial charge on any atom is 0.303 e. The highest BCUT2D eigenvalue weighted by atomic mass is 79.9. The van der Waals surface area contributed by atoms with Crippen LogP contribution >= 0.6 is 31.9 Å². The van der Waals surface area contributed by atoms with Crippen LogP contribution in [0.2, 0.25) is 0 Å². The van der Waals surface area contributed by atoms with Crippen LogP contribution in [0, 0.1) is 10.1 Å². The Morgan fingerprint density at radius 2 is 1.64 bits per heavy atom. The first kappa shape index (κ1) is 25.4. The number of ether oxygens (including phenoxy) is 4. The molecule has 4 aromatic rings. The third-order valence-electron chi connectivity index (χ3n) is 6.94. The van der Waals surface area contributed by atoms with Crippen molar-refractivity contribution in [2.45, 2.75) is 13.0 Å². The molecule has 9 nitrogen and oxygen atoms in total. The van der Waals surface area contributed by atoms with Crippen LogP contribution in [0.3, 0.4) is 0 Å². The first-order valence-corrected chi connectivity index (χ1v) is 13.5. The molecule has 198 valence electrons. The lowest BCUT2D eigenvalue weighted by molar-refractivity contribution is -0.383. The number of carbonyl (C=O) groups is 1. The molecule has 1 aromatic heterocycles. The van der Waals surface area contributed by atoms with Crippen molar-refractivity contribution in [3.63, 3.8) is 0 Å². The van der Waals surface area contributed by atoms with E-state index in [1.54, 1.807) is 54.1 Å². The van der Waals surface area contributed by atoms with Crippen LogP contribution in [0.25, 0.3) is 22.4 Å². The average Bonchev–Trinajstić information content (AvgIpc) is 3.53. The summed E-state index contributed by atoms with van der Waals surface area (Å²) < 4.78 is 25.2. The summed E-state index contributed by atoms with van der Waals surface area (Å²) in [6, 6.07) is 13.9. The topological polar surface area (TPSA) is 102 Å². The number of aryl methyl sites for hydroxylation is 1. The van der Waals surface area contributed by atoms with E-state index in [9.17, 15) is 14.9 Å². The van der Waals surface area contributed by atoms with Crippen molar-refractivity contribution in [1.29, 1.82) is 0 Å². The fraction of sp³-hybridized carbons (Fsp3) is 0.179. The zero-order valence-corrected chi connectivity index (χ0v) is 23.9. The van der Waals surface area contributed by atoms with Gasteiger partial charge in [-0.25, -0.2) is 0 Å². The molecular weight excluding hydrogens is 636 g/mol. The van der Waals surface area contributed by atoms with E-state index in [0.29, 0.717) is 62.8 Å². The van der Waals surface area contributed by atoms with Crippen molar-refractivity contribution < 1.29 is 28.7 Å². The summed E-state index contributed by atoms with van der Waals surface area (Å²) in [6.07, 6.45) is 0.539. The number of rotatable bonds is 6. The van der Waals surface area contributed by atoms with Gasteiger partial charge in [0.15, 0.2) is 23.0 Å². The third-order valence-corrected chi connectivity index (χ3v) is 8.13. The molecule has 39 heavy (non-hydrogen) atoms. The quantitative estimate of drug-likeness (QED) is 0.128. The lowest BCUT2D eigenvalue weighted by atomic mass is 9.95. The Morgan fingerprint density at radius 3 is 2.31 bits per heavy atom. The van der Waals surface area contributed by atoms with E-state index < -0.39 is 4.92 Å². The molecule has 3 aromatic carbocycles. The highest BCUT2D eigenvalue weighted by Gasteiger charge is 2.40. The predicted molar refractivity (Wildman–Crippen MR) is 150 cm³/mol. The van der Waals surface area contributed by atoms with Gasteiger partial charge in [-0.3, -0.25) is 14.9 Å². The molecule has 0 unspecified atom stereocenters. The molecule has 0 N–H and O–H groups in total.